The molecule has 0 unspecified atom stereocenters. The van der Waals surface area contributed by atoms with Gasteiger partial charge in [-0.25, -0.2) is 0 Å². The van der Waals surface area contributed by atoms with E-state index < -0.39 is 0 Å². The van der Waals surface area contributed by atoms with E-state index in [1.807, 2.05) is 0 Å². The zero-order valence-corrected chi connectivity index (χ0v) is 8.62. The number of halogens is 2. The van der Waals surface area contributed by atoms with E-state index in [0.717, 1.165) is 0 Å². The molecule has 0 saturated heterocycles. The van der Waals surface area contributed by atoms with Crippen LogP contribution in [0.2, 0.25) is 10.0 Å². The van der Waals surface area contributed by atoms with Crippen LogP contribution >= 0.6 is 23.2 Å². The van der Waals surface area contributed by atoms with Crippen LogP contribution in [-0.4, -0.2) is 19.4 Å². The number of Topliss-reactive ketones (excluding diaryl/α,β-unsaturated/α-hetero) is 1. The van der Waals surface area contributed by atoms with Crippen molar-refractivity contribution in [3.8, 4) is 0 Å². The minimum Gasteiger partial charge on any atom is -0.313 e. The number of benzene rings is 1. The number of hydrogen-bond acceptors (Lipinski definition) is 2. The molecule has 0 aliphatic heterocycles. The van der Waals surface area contributed by atoms with E-state index in [0.29, 0.717) is 15.6 Å². The Bertz CT molecular complexity index is 305. The molecule has 0 heterocycles. The predicted octanol–water partition coefficient (Wildman–Crippen LogP) is 2.40. The first-order chi connectivity index (χ1) is 6.16. The largest absolute Gasteiger partial charge is 0.313 e. The van der Waals surface area contributed by atoms with Gasteiger partial charge in [-0.1, -0.05) is 29.3 Å². The molecule has 0 amide bonds. The van der Waals surface area contributed by atoms with Gasteiger partial charge in [-0.2, -0.15) is 0 Å². The predicted molar refractivity (Wildman–Crippen MR) is 54.7 cm³/mol. The fourth-order valence-electron chi connectivity index (χ4n) is 1.01. The lowest BCUT2D eigenvalue weighted by atomic mass is 10.1. The molecule has 1 N–H and O–H groups in total. The summed E-state index contributed by atoms with van der Waals surface area (Å²) in [5.74, 6) is -0.0990. The summed E-state index contributed by atoms with van der Waals surface area (Å²) in [5.41, 5.74) is 0.389. The molecule has 0 spiro atoms. The molecule has 0 atom stereocenters. The molecule has 0 saturated carbocycles. The zero-order chi connectivity index (χ0) is 9.84. The summed E-state index contributed by atoms with van der Waals surface area (Å²) >= 11 is 11.7. The van der Waals surface area contributed by atoms with Gasteiger partial charge in [-0.05, 0) is 19.2 Å². The molecule has 0 aromatic heterocycles. The molecule has 0 aliphatic carbocycles. The van der Waals surface area contributed by atoms with Crippen molar-refractivity contribution >= 4 is 29.0 Å². The molecular formula is C9H9Cl2NO. The monoisotopic (exact) mass is 217 g/mol. The smallest absolute Gasteiger partial charge is 0.179 e. The van der Waals surface area contributed by atoms with E-state index in [1.54, 1.807) is 25.2 Å². The van der Waals surface area contributed by atoms with E-state index in [-0.39, 0.29) is 12.3 Å². The number of hydrogen-bond donors (Lipinski definition) is 1. The molecule has 1 aromatic carbocycles. The SMILES string of the molecule is CNCC(=O)c1c(Cl)cccc1Cl. The Kier molecular flexibility index (Phi) is 3.72. The Morgan fingerprint density at radius 3 is 2.38 bits per heavy atom. The average Bonchev–Trinajstić information content (AvgIpc) is 2.04. The highest BCUT2D eigenvalue weighted by Gasteiger charge is 2.12. The Morgan fingerprint density at radius 1 is 1.38 bits per heavy atom. The maximum absolute atomic E-state index is 11.5. The highest BCUT2D eigenvalue weighted by molar-refractivity contribution is 6.39. The summed E-state index contributed by atoms with van der Waals surface area (Å²) in [7, 11) is 1.70. The van der Waals surface area contributed by atoms with Gasteiger partial charge < -0.3 is 5.32 Å². The van der Waals surface area contributed by atoms with Crippen LogP contribution in [0.3, 0.4) is 0 Å². The van der Waals surface area contributed by atoms with Crippen LogP contribution in [0.15, 0.2) is 18.2 Å². The minimum absolute atomic E-state index is 0.0990. The van der Waals surface area contributed by atoms with Gasteiger partial charge in [0.15, 0.2) is 5.78 Å². The zero-order valence-electron chi connectivity index (χ0n) is 7.10. The van der Waals surface area contributed by atoms with Crippen molar-refractivity contribution in [2.75, 3.05) is 13.6 Å². The minimum atomic E-state index is -0.0990. The summed E-state index contributed by atoms with van der Waals surface area (Å²) in [4.78, 5) is 11.5. The Morgan fingerprint density at radius 2 is 1.92 bits per heavy atom. The Balaban J connectivity index is 3.05. The van der Waals surface area contributed by atoms with Gasteiger partial charge in [0.1, 0.15) is 0 Å². The lowest BCUT2D eigenvalue weighted by Gasteiger charge is -2.04. The van der Waals surface area contributed by atoms with Crippen molar-refractivity contribution in [2.45, 2.75) is 0 Å². The van der Waals surface area contributed by atoms with Crippen molar-refractivity contribution < 1.29 is 4.79 Å². The lowest BCUT2D eigenvalue weighted by molar-refractivity contribution is 0.0994. The Hall–Kier alpha value is -0.570. The molecule has 0 fully saturated rings. The van der Waals surface area contributed by atoms with E-state index in [4.69, 9.17) is 23.2 Å². The maximum Gasteiger partial charge on any atom is 0.179 e. The van der Waals surface area contributed by atoms with Crippen LogP contribution in [0, 0.1) is 0 Å². The summed E-state index contributed by atoms with van der Waals surface area (Å²) in [6.45, 7) is 0.240. The second-order valence-corrected chi connectivity index (χ2v) is 3.36. The summed E-state index contributed by atoms with van der Waals surface area (Å²) in [6, 6.07) is 5.01. The summed E-state index contributed by atoms with van der Waals surface area (Å²) in [6.07, 6.45) is 0. The molecule has 4 heteroatoms. The Labute approximate surface area is 86.8 Å². The van der Waals surface area contributed by atoms with Gasteiger partial charge in [-0.15, -0.1) is 0 Å². The number of ketones is 1. The van der Waals surface area contributed by atoms with Crippen LogP contribution in [0.5, 0.6) is 0 Å². The van der Waals surface area contributed by atoms with Crippen molar-refractivity contribution in [3.63, 3.8) is 0 Å². The van der Waals surface area contributed by atoms with Crippen molar-refractivity contribution in [1.29, 1.82) is 0 Å². The van der Waals surface area contributed by atoms with Gasteiger partial charge in [0.05, 0.1) is 22.2 Å². The van der Waals surface area contributed by atoms with Crippen molar-refractivity contribution in [1.82, 2.24) is 5.32 Å². The van der Waals surface area contributed by atoms with Gasteiger partial charge in [0, 0.05) is 0 Å². The third kappa shape index (κ3) is 2.44. The molecule has 2 nitrogen and oxygen atoms in total. The summed E-state index contributed by atoms with van der Waals surface area (Å²) in [5, 5.41) is 3.55. The maximum atomic E-state index is 11.5. The first-order valence-electron chi connectivity index (χ1n) is 3.78. The molecule has 0 radical (unpaired) electrons. The topological polar surface area (TPSA) is 29.1 Å². The van der Waals surface area contributed by atoms with Crippen LogP contribution in [0.4, 0.5) is 0 Å². The van der Waals surface area contributed by atoms with Gasteiger partial charge in [0.2, 0.25) is 0 Å². The first-order valence-corrected chi connectivity index (χ1v) is 4.54. The van der Waals surface area contributed by atoms with Crippen LogP contribution in [0.25, 0.3) is 0 Å². The van der Waals surface area contributed by atoms with Gasteiger partial charge >= 0.3 is 0 Å². The fourth-order valence-corrected chi connectivity index (χ4v) is 1.62. The lowest BCUT2D eigenvalue weighted by Crippen LogP contribution is -2.19. The van der Waals surface area contributed by atoms with Crippen LogP contribution in [-0.2, 0) is 0 Å². The standard InChI is InChI=1S/C9H9Cl2NO/c1-12-5-8(13)9-6(10)3-2-4-7(9)11/h2-4,12H,5H2,1H3. The second-order valence-electron chi connectivity index (χ2n) is 2.55. The fraction of sp³-hybridized carbons (Fsp3) is 0.222. The van der Waals surface area contributed by atoms with E-state index in [2.05, 4.69) is 5.32 Å². The quantitative estimate of drug-likeness (QED) is 0.789. The molecule has 0 aliphatic rings. The number of likely N-dealkylation sites (N-methyl/N-ethyl adjacent to an activating group) is 1. The van der Waals surface area contributed by atoms with Crippen molar-refractivity contribution in [2.24, 2.45) is 0 Å². The number of carbonyl (C=O) groups excluding carboxylic acids is 1. The van der Waals surface area contributed by atoms with E-state index in [9.17, 15) is 4.79 Å². The molecule has 1 rings (SSSR count). The summed E-state index contributed by atoms with van der Waals surface area (Å²) < 4.78 is 0. The highest BCUT2D eigenvalue weighted by atomic mass is 35.5. The van der Waals surface area contributed by atoms with Gasteiger partial charge in [0.25, 0.3) is 0 Å². The van der Waals surface area contributed by atoms with E-state index >= 15 is 0 Å². The van der Waals surface area contributed by atoms with E-state index in [1.165, 1.54) is 0 Å². The molecule has 0 bridgehead atoms. The molecule has 13 heavy (non-hydrogen) atoms. The van der Waals surface area contributed by atoms with Crippen LogP contribution < -0.4 is 5.32 Å². The van der Waals surface area contributed by atoms with Gasteiger partial charge in [-0.3, -0.25) is 4.79 Å². The second kappa shape index (κ2) is 4.61. The third-order valence-corrected chi connectivity index (χ3v) is 2.21. The normalized spacial score (nSPS) is 10.1. The number of carbonyl (C=O) groups is 1. The highest BCUT2D eigenvalue weighted by Crippen LogP contribution is 2.24. The van der Waals surface area contributed by atoms with Crippen molar-refractivity contribution in [3.05, 3.63) is 33.8 Å². The number of rotatable bonds is 3. The molecule has 70 valence electrons. The first kappa shape index (κ1) is 10.5. The third-order valence-electron chi connectivity index (χ3n) is 1.58. The van der Waals surface area contributed by atoms with Crippen LogP contribution in [0.1, 0.15) is 10.4 Å². The molecular weight excluding hydrogens is 209 g/mol. The number of nitrogens with one attached hydrogen (secondary N) is 1. The average molecular weight is 218 g/mol. The molecule has 1 aromatic rings.